The Bertz CT molecular complexity index is 857. The minimum Gasteiger partial charge on any atom is -0.256 e. The quantitative estimate of drug-likeness (QED) is 0.849. The molecule has 2 heterocycles. The van der Waals surface area contributed by atoms with E-state index in [4.69, 9.17) is 0 Å². The lowest BCUT2D eigenvalue weighted by molar-refractivity contribution is 0.288. The molecule has 1 aromatic carbocycles. The van der Waals surface area contributed by atoms with Crippen molar-refractivity contribution >= 4 is 20.9 Å². The van der Waals surface area contributed by atoms with Gasteiger partial charge in [0, 0.05) is 24.2 Å². The molecule has 1 saturated carbocycles. The zero-order chi connectivity index (χ0) is 16.7. The van der Waals surface area contributed by atoms with E-state index in [1.165, 1.54) is 25.7 Å². The third-order valence-corrected chi connectivity index (χ3v) is 7.69. The van der Waals surface area contributed by atoms with Crippen LogP contribution in [0.2, 0.25) is 0 Å². The summed E-state index contributed by atoms with van der Waals surface area (Å²) in [6.07, 6.45) is 8.54. The molecular formula is C19H24N2O2S. The number of pyridine rings is 1. The van der Waals surface area contributed by atoms with Gasteiger partial charge in [-0.2, -0.15) is 4.31 Å². The first-order chi connectivity index (χ1) is 11.6. The largest absolute Gasteiger partial charge is 0.256 e. The highest BCUT2D eigenvalue weighted by molar-refractivity contribution is 7.89. The molecule has 24 heavy (non-hydrogen) atoms. The Morgan fingerprint density at radius 1 is 1.08 bits per heavy atom. The van der Waals surface area contributed by atoms with Crippen LogP contribution in [0.15, 0.2) is 35.4 Å². The fraction of sp³-hybridized carbons (Fsp3) is 0.526. The Morgan fingerprint density at radius 2 is 1.88 bits per heavy atom. The number of aromatic nitrogens is 1. The van der Waals surface area contributed by atoms with Gasteiger partial charge in [0.05, 0.1) is 10.4 Å². The highest BCUT2D eigenvalue weighted by atomic mass is 32.2. The molecular weight excluding hydrogens is 320 g/mol. The van der Waals surface area contributed by atoms with E-state index in [9.17, 15) is 8.42 Å². The van der Waals surface area contributed by atoms with E-state index in [-0.39, 0.29) is 6.04 Å². The number of fused-ring (bicyclic) bond motifs is 1. The minimum absolute atomic E-state index is 0.186. The van der Waals surface area contributed by atoms with Crippen LogP contribution in [-0.4, -0.2) is 30.3 Å². The van der Waals surface area contributed by atoms with Crippen molar-refractivity contribution in [3.8, 4) is 0 Å². The molecule has 4 rings (SSSR count). The van der Waals surface area contributed by atoms with Crippen molar-refractivity contribution in [1.82, 2.24) is 9.29 Å². The summed E-state index contributed by atoms with van der Waals surface area (Å²) in [6, 6.07) is 7.52. The Kier molecular flexibility index (Phi) is 4.09. The van der Waals surface area contributed by atoms with Gasteiger partial charge in [0.15, 0.2) is 0 Å². The van der Waals surface area contributed by atoms with Crippen molar-refractivity contribution in [2.24, 2.45) is 5.92 Å². The fourth-order valence-electron chi connectivity index (χ4n) is 4.52. The second-order valence-corrected chi connectivity index (χ2v) is 9.01. The summed E-state index contributed by atoms with van der Waals surface area (Å²) in [5.74, 6) is 0.539. The van der Waals surface area contributed by atoms with Crippen LogP contribution in [0.1, 0.15) is 44.1 Å². The number of aryl methyl sites for hydroxylation is 1. The first-order valence-corrected chi connectivity index (χ1v) is 10.4. The van der Waals surface area contributed by atoms with Gasteiger partial charge < -0.3 is 0 Å². The smallest absolute Gasteiger partial charge is 0.244 e. The Labute approximate surface area is 143 Å². The summed E-state index contributed by atoms with van der Waals surface area (Å²) in [7, 11) is -3.48. The predicted octanol–water partition coefficient (Wildman–Crippen LogP) is 3.89. The van der Waals surface area contributed by atoms with E-state index < -0.39 is 10.0 Å². The molecule has 0 radical (unpaired) electrons. The average molecular weight is 344 g/mol. The third kappa shape index (κ3) is 2.54. The van der Waals surface area contributed by atoms with Crippen LogP contribution in [0, 0.1) is 12.8 Å². The summed E-state index contributed by atoms with van der Waals surface area (Å²) < 4.78 is 28.6. The van der Waals surface area contributed by atoms with Gasteiger partial charge in [0.2, 0.25) is 10.0 Å². The predicted molar refractivity (Wildman–Crippen MR) is 95.4 cm³/mol. The highest BCUT2D eigenvalue weighted by Gasteiger charge is 2.40. The van der Waals surface area contributed by atoms with Crippen LogP contribution in [0.5, 0.6) is 0 Å². The first-order valence-electron chi connectivity index (χ1n) is 8.95. The van der Waals surface area contributed by atoms with Gasteiger partial charge in [-0.3, -0.25) is 4.98 Å². The standard InChI is InChI=1S/C19H24N2O2S/c1-14-10-11-18(16-8-4-12-20-19(14)16)24(22,23)21-13-5-9-17(21)15-6-2-3-7-15/h4,8,10-12,15,17H,2-3,5-7,9,13H2,1H3. The first kappa shape index (κ1) is 16.0. The topological polar surface area (TPSA) is 50.3 Å². The normalized spacial score (nSPS) is 23.3. The summed E-state index contributed by atoms with van der Waals surface area (Å²) in [5, 5.41) is 0.745. The molecule has 1 aliphatic carbocycles. The van der Waals surface area contributed by atoms with Crippen molar-refractivity contribution in [2.45, 2.75) is 56.4 Å². The van der Waals surface area contributed by atoms with Crippen LogP contribution in [0.25, 0.3) is 10.9 Å². The SMILES string of the molecule is Cc1ccc(S(=O)(=O)N2CCCC2C2CCCC2)c2cccnc12. The maximum atomic E-state index is 13.4. The molecule has 1 unspecified atom stereocenters. The van der Waals surface area contributed by atoms with Gasteiger partial charge in [-0.25, -0.2) is 8.42 Å². The fourth-order valence-corrected chi connectivity index (χ4v) is 6.46. The lowest BCUT2D eigenvalue weighted by Crippen LogP contribution is -2.39. The molecule has 0 spiro atoms. The van der Waals surface area contributed by atoms with Crippen molar-refractivity contribution in [3.05, 3.63) is 36.0 Å². The summed E-state index contributed by atoms with van der Waals surface area (Å²) in [6.45, 7) is 2.63. The van der Waals surface area contributed by atoms with Gasteiger partial charge in [-0.1, -0.05) is 18.9 Å². The molecule has 2 aliphatic rings. The molecule has 0 bridgehead atoms. The second kappa shape index (κ2) is 6.12. The maximum absolute atomic E-state index is 13.4. The Hall–Kier alpha value is -1.46. The van der Waals surface area contributed by atoms with E-state index >= 15 is 0 Å². The van der Waals surface area contributed by atoms with Crippen molar-refractivity contribution in [1.29, 1.82) is 0 Å². The van der Waals surface area contributed by atoms with Crippen molar-refractivity contribution < 1.29 is 8.42 Å². The molecule has 0 N–H and O–H groups in total. The highest BCUT2D eigenvalue weighted by Crippen LogP contribution is 2.39. The monoisotopic (exact) mass is 344 g/mol. The zero-order valence-electron chi connectivity index (χ0n) is 14.1. The number of nitrogens with zero attached hydrogens (tertiary/aromatic N) is 2. The van der Waals surface area contributed by atoms with E-state index in [0.29, 0.717) is 17.4 Å². The van der Waals surface area contributed by atoms with Gasteiger partial charge in [0.1, 0.15) is 0 Å². The molecule has 0 amide bonds. The van der Waals surface area contributed by atoms with E-state index in [1.54, 1.807) is 16.6 Å². The summed E-state index contributed by atoms with van der Waals surface area (Å²) in [5.41, 5.74) is 1.80. The Morgan fingerprint density at radius 3 is 2.67 bits per heavy atom. The molecule has 4 nitrogen and oxygen atoms in total. The molecule has 2 aromatic rings. The third-order valence-electron chi connectivity index (χ3n) is 5.71. The molecule has 1 saturated heterocycles. The van der Waals surface area contributed by atoms with Crippen LogP contribution in [-0.2, 0) is 10.0 Å². The van der Waals surface area contributed by atoms with Crippen molar-refractivity contribution in [3.63, 3.8) is 0 Å². The second-order valence-electron chi connectivity index (χ2n) is 7.15. The lowest BCUT2D eigenvalue weighted by atomic mass is 9.97. The minimum atomic E-state index is -3.48. The summed E-state index contributed by atoms with van der Waals surface area (Å²) in [4.78, 5) is 4.81. The van der Waals surface area contributed by atoms with E-state index in [0.717, 1.165) is 29.3 Å². The molecule has 2 fully saturated rings. The molecule has 1 aliphatic heterocycles. The summed E-state index contributed by atoms with van der Waals surface area (Å²) >= 11 is 0. The number of hydrogen-bond acceptors (Lipinski definition) is 3. The average Bonchev–Trinajstić information content (AvgIpc) is 3.26. The number of sulfonamides is 1. The number of rotatable bonds is 3. The maximum Gasteiger partial charge on any atom is 0.244 e. The van der Waals surface area contributed by atoms with Crippen LogP contribution in [0.4, 0.5) is 0 Å². The van der Waals surface area contributed by atoms with Crippen LogP contribution < -0.4 is 0 Å². The van der Waals surface area contributed by atoms with Gasteiger partial charge in [-0.05, 0) is 62.3 Å². The molecule has 5 heteroatoms. The van der Waals surface area contributed by atoms with Gasteiger partial charge in [-0.15, -0.1) is 0 Å². The number of hydrogen-bond donors (Lipinski definition) is 0. The molecule has 1 aromatic heterocycles. The van der Waals surface area contributed by atoms with Crippen LogP contribution in [0.3, 0.4) is 0 Å². The van der Waals surface area contributed by atoms with E-state index in [2.05, 4.69) is 4.98 Å². The van der Waals surface area contributed by atoms with Gasteiger partial charge in [0.25, 0.3) is 0 Å². The van der Waals surface area contributed by atoms with E-state index in [1.807, 2.05) is 25.1 Å². The van der Waals surface area contributed by atoms with Crippen molar-refractivity contribution in [2.75, 3.05) is 6.54 Å². The number of benzene rings is 1. The zero-order valence-corrected chi connectivity index (χ0v) is 14.9. The van der Waals surface area contributed by atoms with Crippen LogP contribution >= 0.6 is 0 Å². The molecule has 128 valence electrons. The van der Waals surface area contributed by atoms with Gasteiger partial charge >= 0.3 is 0 Å². The Balaban J connectivity index is 1.79. The molecule has 1 atom stereocenters. The lowest BCUT2D eigenvalue weighted by Gasteiger charge is -2.29.